The van der Waals surface area contributed by atoms with Crippen LogP contribution in [-0.2, 0) is 17.7 Å². The minimum atomic E-state index is 0. The molecule has 146 valence electrons. The molecule has 2 heterocycles. The molecule has 1 aliphatic carbocycles. The predicted molar refractivity (Wildman–Crippen MR) is 105 cm³/mol. The largest absolute Gasteiger partial charge is 0.496 e. The average molecular weight is 383 g/mol. The normalized spacial score (nSPS) is 30.4. The molecule has 0 bridgehead atoms. The van der Waals surface area contributed by atoms with Gasteiger partial charge in [0, 0.05) is 42.7 Å². The van der Waals surface area contributed by atoms with E-state index >= 15 is 0 Å². The van der Waals surface area contributed by atoms with Gasteiger partial charge in [0.05, 0.1) is 20.3 Å². The van der Waals surface area contributed by atoms with Gasteiger partial charge in [0.2, 0.25) is 0 Å². The molecule has 4 atom stereocenters. The Morgan fingerprint density at radius 3 is 2.96 bits per heavy atom. The number of methoxy groups -OCH3 is 1. The van der Waals surface area contributed by atoms with Gasteiger partial charge in [-0.25, -0.2) is 0 Å². The highest BCUT2D eigenvalue weighted by atomic mass is 35.5. The van der Waals surface area contributed by atoms with Gasteiger partial charge in [0.15, 0.2) is 0 Å². The van der Waals surface area contributed by atoms with Crippen LogP contribution >= 0.6 is 12.4 Å². The predicted octanol–water partition coefficient (Wildman–Crippen LogP) is 2.69. The van der Waals surface area contributed by atoms with Crippen molar-refractivity contribution in [2.45, 2.75) is 57.3 Å². The van der Waals surface area contributed by atoms with Crippen LogP contribution in [-0.4, -0.2) is 45.1 Å². The van der Waals surface area contributed by atoms with E-state index in [4.69, 9.17) is 14.2 Å². The second-order valence-electron chi connectivity index (χ2n) is 7.62. The zero-order valence-electron chi connectivity index (χ0n) is 15.8. The number of hydrogen-bond donors (Lipinski definition) is 2. The van der Waals surface area contributed by atoms with E-state index in [-0.39, 0.29) is 18.5 Å². The Labute approximate surface area is 162 Å². The minimum absolute atomic E-state index is 0. The van der Waals surface area contributed by atoms with Crippen molar-refractivity contribution in [3.05, 3.63) is 23.3 Å². The second kappa shape index (κ2) is 8.79. The summed E-state index contributed by atoms with van der Waals surface area (Å²) in [6.45, 7) is 5.60. The van der Waals surface area contributed by atoms with Crippen molar-refractivity contribution >= 4 is 12.4 Å². The Hall–Kier alpha value is -1.01. The van der Waals surface area contributed by atoms with Crippen molar-refractivity contribution in [1.29, 1.82) is 0 Å². The van der Waals surface area contributed by atoms with Crippen molar-refractivity contribution in [2.24, 2.45) is 5.92 Å². The molecule has 1 saturated carbocycles. The van der Waals surface area contributed by atoms with Gasteiger partial charge < -0.3 is 24.8 Å². The van der Waals surface area contributed by atoms with E-state index < -0.39 is 0 Å². The molecular formula is C20H31ClN2O3. The Kier molecular flexibility index (Phi) is 6.67. The van der Waals surface area contributed by atoms with Gasteiger partial charge in [0.1, 0.15) is 17.6 Å². The Morgan fingerprint density at radius 1 is 1.31 bits per heavy atom. The Bertz CT molecular complexity index is 607. The van der Waals surface area contributed by atoms with Crippen LogP contribution in [0.5, 0.6) is 11.5 Å². The summed E-state index contributed by atoms with van der Waals surface area (Å²) in [5.74, 6) is 2.64. The summed E-state index contributed by atoms with van der Waals surface area (Å²) < 4.78 is 17.2. The number of ether oxygens (including phenoxy) is 3. The number of rotatable bonds is 5. The SMILES string of the molecule is COc1cc2c(cc1CNC1CCCC1C1COCCN1)OC(C)C2.Cl. The van der Waals surface area contributed by atoms with Crippen molar-refractivity contribution in [2.75, 3.05) is 26.9 Å². The number of benzene rings is 1. The lowest BCUT2D eigenvalue weighted by molar-refractivity contribution is 0.0524. The van der Waals surface area contributed by atoms with Gasteiger partial charge in [-0.15, -0.1) is 12.4 Å². The number of hydrogen-bond acceptors (Lipinski definition) is 5. The van der Waals surface area contributed by atoms with E-state index in [0.717, 1.165) is 44.2 Å². The molecule has 1 aromatic rings. The van der Waals surface area contributed by atoms with Crippen LogP contribution in [0.2, 0.25) is 0 Å². The molecule has 1 saturated heterocycles. The third-order valence-corrected chi connectivity index (χ3v) is 5.89. The number of halogens is 1. The molecule has 0 spiro atoms. The first-order valence-corrected chi connectivity index (χ1v) is 9.65. The molecule has 2 aliphatic heterocycles. The topological polar surface area (TPSA) is 51.8 Å². The Balaban J connectivity index is 0.00000196. The first-order chi connectivity index (χ1) is 12.2. The van der Waals surface area contributed by atoms with Gasteiger partial charge in [-0.1, -0.05) is 6.42 Å². The van der Waals surface area contributed by atoms with Crippen LogP contribution in [0, 0.1) is 5.92 Å². The monoisotopic (exact) mass is 382 g/mol. The summed E-state index contributed by atoms with van der Waals surface area (Å²) in [6, 6.07) is 5.34. The van der Waals surface area contributed by atoms with Gasteiger partial charge in [-0.2, -0.15) is 0 Å². The molecule has 5 nitrogen and oxygen atoms in total. The molecular weight excluding hydrogens is 352 g/mol. The summed E-state index contributed by atoms with van der Waals surface area (Å²) >= 11 is 0. The third kappa shape index (κ3) is 4.11. The number of morpholine rings is 1. The smallest absolute Gasteiger partial charge is 0.123 e. The van der Waals surface area contributed by atoms with E-state index in [1.54, 1.807) is 7.11 Å². The third-order valence-electron chi connectivity index (χ3n) is 5.89. The molecule has 0 radical (unpaired) electrons. The summed E-state index contributed by atoms with van der Waals surface area (Å²) in [6.07, 6.45) is 5.05. The number of fused-ring (bicyclic) bond motifs is 1. The zero-order chi connectivity index (χ0) is 17.2. The highest BCUT2D eigenvalue weighted by Crippen LogP contribution is 2.36. The molecule has 1 aromatic carbocycles. The van der Waals surface area contributed by atoms with Crippen LogP contribution in [0.3, 0.4) is 0 Å². The van der Waals surface area contributed by atoms with Crippen LogP contribution in [0.4, 0.5) is 0 Å². The second-order valence-corrected chi connectivity index (χ2v) is 7.62. The van der Waals surface area contributed by atoms with Gasteiger partial charge in [0.25, 0.3) is 0 Å². The first-order valence-electron chi connectivity index (χ1n) is 9.65. The van der Waals surface area contributed by atoms with Crippen molar-refractivity contribution < 1.29 is 14.2 Å². The lowest BCUT2D eigenvalue weighted by Gasteiger charge is -2.33. The maximum absolute atomic E-state index is 5.93. The molecule has 2 N–H and O–H groups in total. The Morgan fingerprint density at radius 2 is 2.19 bits per heavy atom. The lowest BCUT2D eigenvalue weighted by atomic mass is 9.93. The molecule has 0 aromatic heterocycles. The van der Waals surface area contributed by atoms with E-state index in [9.17, 15) is 0 Å². The fourth-order valence-corrected chi connectivity index (χ4v) is 4.64. The standard InChI is InChI=1S/C20H30N2O3.ClH/c1-13-8-14-9-19(23-2)15(10-20(14)25-13)11-22-17-5-3-4-16(17)18-12-24-7-6-21-18;/h9-10,13,16-18,21-22H,3-8,11-12H2,1-2H3;1H. The van der Waals surface area contributed by atoms with Crippen LogP contribution in [0.15, 0.2) is 12.1 Å². The van der Waals surface area contributed by atoms with E-state index in [1.807, 2.05) is 0 Å². The van der Waals surface area contributed by atoms with E-state index in [1.165, 1.54) is 30.4 Å². The maximum Gasteiger partial charge on any atom is 0.123 e. The quantitative estimate of drug-likeness (QED) is 0.820. The minimum Gasteiger partial charge on any atom is -0.496 e. The van der Waals surface area contributed by atoms with Crippen LogP contribution in [0.1, 0.15) is 37.3 Å². The summed E-state index contributed by atoms with van der Waals surface area (Å²) in [5.41, 5.74) is 2.45. The highest BCUT2D eigenvalue weighted by molar-refractivity contribution is 5.85. The van der Waals surface area contributed by atoms with E-state index in [0.29, 0.717) is 18.0 Å². The zero-order valence-corrected chi connectivity index (χ0v) is 16.6. The van der Waals surface area contributed by atoms with Crippen LogP contribution in [0.25, 0.3) is 0 Å². The molecule has 2 fully saturated rings. The van der Waals surface area contributed by atoms with Crippen LogP contribution < -0.4 is 20.1 Å². The van der Waals surface area contributed by atoms with Gasteiger partial charge >= 0.3 is 0 Å². The summed E-state index contributed by atoms with van der Waals surface area (Å²) in [5, 5.41) is 7.43. The lowest BCUT2D eigenvalue weighted by Crippen LogP contribution is -2.50. The molecule has 4 unspecified atom stereocenters. The van der Waals surface area contributed by atoms with Gasteiger partial charge in [-0.3, -0.25) is 0 Å². The fraction of sp³-hybridized carbons (Fsp3) is 0.700. The maximum atomic E-state index is 5.93. The van der Waals surface area contributed by atoms with Crippen molar-refractivity contribution in [3.63, 3.8) is 0 Å². The van der Waals surface area contributed by atoms with Crippen molar-refractivity contribution in [1.82, 2.24) is 10.6 Å². The summed E-state index contributed by atoms with van der Waals surface area (Å²) in [4.78, 5) is 0. The molecule has 26 heavy (non-hydrogen) atoms. The van der Waals surface area contributed by atoms with Crippen molar-refractivity contribution in [3.8, 4) is 11.5 Å². The highest BCUT2D eigenvalue weighted by Gasteiger charge is 2.34. The number of nitrogens with one attached hydrogen (secondary N) is 2. The first kappa shape index (κ1) is 19.7. The van der Waals surface area contributed by atoms with E-state index in [2.05, 4.69) is 29.7 Å². The fourth-order valence-electron chi connectivity index (χ4n) is 4.64. The average Bonchev–Trinajstić information content (AvgIpc) is 3.24. The molecule has 6 heteroatoms. The molecule has 0 amide bonds. The molecule has 3 aliphatic rings. The van der Waals surface area contributed by atoms with Gasteiger partial charge in [-0.05, 0) is 37.8 Å². The molecule has 4 rings (SSSR count). The summed E-state index contributed by atoms with van der Waals surface area (Å²) in [7, 11) is 1.76.